The number of likely N-dealkylation sites (N-methyl/N-ethyl adjacent to an activating group) is 1. The minimum absolute atomic E-state index is 0.160. The number of fused-ring (bicyclic) bond motifs is 1. The van der Waals surface area contributed by atoms with Crippen molar-refractivity contribution in [1.29, 1.82) is 0 Å². The van der Waals surface area contributed by atoms with Crippen LogP contribution in [0, 0.1) is 0 Å². The molecule has 140 valence electrons. The molecule has 1 N–H and O–H groups in total. The number of benzene rings is 2. The predicted molar refractivity (Wildman–Crippen MR) is 108 cm³/mol. The second-order valence-corrected chi connectivity index (χ2v) is 7.11. The van der Waals surface area contributed by atoms with Crippen molar-refractivity contribution in [3.63, 3.8) is 0 Å². The van der Waals surface area contributed by atoms with Gasteiger partial charge in [-0.05, 0) is 46.3 Å². The van der Waals surface area contributed by atoms with Crippen LogP contribution < -0.4 is 10.1 Å². The Hall–Kier alpha value is -2.51. The van der Waals surface area contributed by atoms with Gasteiger partial charge < -0.3 is 19.4 Å². The van der Waals surface area contributed by atoms with Crippen LogP contribution in [0.2, 0.25) is 5.02 Å². The van der Waals surface area contributed by atoms with Crippen LogP contribution in [0.15, 0.2) is 51.4 Å². The van der Waals surface area contributed by atoms with Gasteiger partial charge in [0.2, 0.25) is 5.91 Å². The maximum atomic E-state index is 12.6. The first-order valence-corrected chi connectivity index (χ1v) is 9.13. The summed E-state index contributed by atoms with van der Waals surface area (Å²) < 4.78 is 11.6. The number of hydrogen-bond donors (Lipinski definition) is 1. The fourth-order valence-corrected chi connectivity index (χ4v) is 3.21. The van der Waals surface area contributed by atoms with E-state index in [1.165, 1.54) is 19.1 Å². The Bertz CT molecular complexity index is 1020. The maximum absolute atomic E-state index is 12.6. The summed E-state index contributed by atoms with van der Waals surface area (Å²) in [5.41, 5.74) is 1.02. The SMILES string of the molecule is COc1ccc(Cl)cc1NC(=O)CN(C)C(=O)c1cc2cccc(Br)c2o1. The van der Waals surface area contributed by atoms with Crippen LogP contribution in [0.3, 0.4) is 0 Å². The highest BCUT2D eigenvalue weighted by Gasteiger charge is 2.20. The summed E-state index contributed by atoms with van der Waals surface area (Å²) in [6.45, 7) is -0.160. The Balaban J connectivity index is 1.71. The Kier molecular flexibility index (Phi) is 5.72. The number of nitrogens with zero attached hydrogens (tertiary/aromatic N) is 1. The van der Waals surface area contributed by atoms with Crippen molar-refractivity contribution in [3.8, 4) is 5.75 Å². The first-order chi connectivity index (χ1) is 12.9. The average Bonchev–Trinajstić information content (AvgIpc) is 3.06. The number of ether oxygens (including phenoxy) is 1. The van der Waals surface area contributed by atoms with Gasteiger partial charge >= 0.3 is 0 Å². The van der Waals surface area contributed by atoms with Crippen LogP contribution in [0.1, 0.15) is 10.6 Å². The topological polar surface area (TPSA) is 71.8 Å². The third-order valence-electron chi connectivity index (χ3n) is 3.87. The number of amides is 2. The predicted octanol–water partition coefficient (Wildman–Crippen LogP) is 4.57. The van der Waals surface area contributed by atoms with Crippen LogP contribution in [-0.2, 0) is 4.79 Å². The Morgan fingerprint density at radius 3 is 2.74 bits per heavy atom. The van der Waals surface area contributed by atoms with E-state index in [1.807, 2.05) is 18.2 Å². The van der Waals surface area contributed by atoms with Crippen molar-refractivity contribution in [2.45, 2.75) is 0 Å². The molecule has 2 amide bonds. The molecule has 2 aromatic carbocycles. The minimum atomic E-state index is -0.397. The third-order valence-corrected chi connectivity index (χ3v) is 4.73. The molecule has 0 bridgehead atoms. The van der Waals surface area contributed by atoms with Gasteiger partial charge in [-0.3, -0.25) is 9.59 Å². The van der Waals surface area contributed by atoms with E-state index in [-0.39, 0.29) is 18.2 Å². The number of furan rings is 1. The Labute approximate surface area is 169 Å². The lowest BCUT2D eigenvalue weighted by molar-refractivity contribution is -0.116. The molecule has 27 heavy (non-hydrogen) atoms. The second-order valence-electron chi connectivity index (χ2n) is 5.82. The van der Waals surface area contributed by atoms with Crippen LogP contribution >= 0.6 is 27.5 Å². The molecule has 0 saturated heterocycles. The van der Waals surface area contributed by atoms with Crippen molar-refractivity contribution in [2.24, 2.45) is 0 Å². The lowest BCUT2D eigenvalue weighted by Crippen LogP contribution is -2.34. The van der Waals surface area contributed by atoms with Gasteiger partial charge in [-0.1, -0.05) is 23.7 Å². The molecule has 6 nitrogen and oxygen atoms in total. The summed E-state index contributed by atoms with van der Waals surface area (Å²) >= 11 is 9.34. The smallest absolute Gasteiger partial charge is 0.289 e. The number of anilines is 1. The summed E-state index contributed by atoms with van der Waals surface area (Å²) in [5, 5.41) is 3.96. The van der Waals surface area contributed by atoms with E-state index in [0.29, 0.717) is 22.0 Å². The van der Waals surface area contributed by atoms with Crippen LogP contribution in [-0.4, -0.2) is 37.4 Å². The summed E-state index contributed by atoms with van der Waals surface area (Å²) in [7, 11) is 3.02. The number of hydrogen-bond acceptors (Lipinski definition) is 4. The zero-order valence-electron chi connectivity index (χ0n) is 14.6. The van der Waals surface area contributed by atoms with Gasteiger partial charge in [-0.25, -0.2) is 0 Å². The molecule has 0 unspecified atom stereocenters. The van der Waals surface area contributed by atoms with E-state index in [2.05, 4.69) is 21.2 Å². The molecule has 0 aliphatic carbocycles. The summed E-state index contributed by atoms with van der Waals surface area (Å²) in [5.74, 6) is -0.147. The number of nitrogens with one attached hydrogen (secondary N) is 1. The molecule has 0 aliphatic rings. The van der Waals surface area contributed by atoms with Gasteiger partial charge in [0.15, 0.2) is 5.76 Å². The lowest BCUT2D eigenvalue weighted by atomic mass is 10.2. The van der Waals surface area contributed by atoms with Crippen LogP contribution in [0.25, 0.3) is 11.0 Å². The number of halogens is 2. The molecule has 8 heteroatoms. The highest BCUT2D eigenvalue weighted by atomic mass is 79.9. The Morgan fingerprint density at radius 2 is 2.04 bits per heavy atom. The minimum Gasteiger partial charge on any atom is -0.495 e. The zero-order valence-corrected chi connectivity index (χ0v) is 16.9. The number of para-hydroxylation sites is 1. The van der Waals surface area contributed by atoms with Gasteiger partial charge in [0.25, 0.3) is 5.91 Å². The molecule has 3 rings (SSSR count). The molecule has 0 fully saturated rings. The number of carbonyl (C=O) groups is 2. The van der Waals surface area contributed by atoms with Crippen LogP contribution in [0.5, 0.6) is 5.75 Å². The number of carbonyl (C=O) groups excluding carboxylic acids is 2. The van der Waals surface area contributed by atoms with Crippen molar-refractivity contribution in [2.75, 3.05) is 26.0 Å². The van der Waals surface area contributed by atoms with Crippen LogP contribution in [0.4, 0.5) is 5.69 Å². The van der Waals surface area contributed by atoms with E-state index in [0.717, 1.165) is 9.86 Å². The van der Waals surface area contributed by atoms with E-state index in [1.54, 1.807) is 24.3 Å². The lowest BCUT2D eigenvalue weighted by Gasteiger charge is -2.16. The van der Waals surface area contributed by atoms with E-state index in [4.69, 9.17) is 20.8 Å². The van der Waals surface area contributed by atoms with Gasteiger partial charge in [-0.2, -0.15) is 0 Å². The molecular formula is C19H16BrClN2O4. The zero-order chi connectivity index (χ0) is 19.6. The fraction of sp³-hybridized carbons (Fsp3) is 0.158. The normalized spacial score (nSPS) is 10.7. The average molecular weight is 452 g/mol. The van der Waals surface area contributed by atoms with Crippen molar-refractivity contribution >= 4 is 56.0 Å². The highest BCUT2D eigenvalue weighted by Crippen LogP contribution is 2.28. The highest BCUT2D eigenvalue weighted by molar-refractivity contribution is 9.10. The number of methoxy groups -OCH3 is 1. The first kappa shape index (κ1) is 19.3. The third kappa shape index (κ3) is 4.26. The van der Waals surface area contributed by atoms with E-state index >= 15 is 0 Å². The molecule has 3 aromatic rings. The van der Waals surface area contributed by atoms with Gasteiger partial charge in [0.1, 0.15) is 11.3 Å². The molecule has 1 heterocycles. The molecule has 0 atom stereocenters. The van der Waals surface area contributed by atoms with Crippen molar-refractivity contribution in [1.82, 2.24) is 4.90 Å². The molecule has 0 saturated carbocycles. The molecular weight excluding hydrogens is 436 g/mol. The van der Waals surface area contributed by atoms with E-state index < -0.39 is 5.91 Å². The number of rotatable bonds is 5. The van der Waals surface area contributed by atoms with E-state index in [9.17, 15) is 9.59 Å². The molecule has 0 aliphatic heterocycles. The quantitative estimate of drug-likeness (QED) is 0.617. The monoisotopic (exact) mass is 450 g/mol. The standard InChI is InChI=1S/C19H16BrClN2O4/c1-23(10-17(24)22-14-9-12(21)6-7-15(14)26-2)19(25)16-8-11-4-3-5-13(20)18(11)27-16/h3-9H,10H2,1-2H3,(H,22,24). The molecule has 0 radical (unpaired) electrons. The maximum Gasteiger partial charge on any atom is 0.289 e. The summed E-state index contributed by atoms with van der Waals surface area (Å²) in [4.78, 5) is 26.2. The molecule has 0 spiro atoms. The fourth-order valence-electron chi connectivity index (χ4n) is 2.58. The summed E-state index contributed by atoms with van der Waals surface area (Å²) in [6, 6.07) is 12.1. The van der Waals surface area contributed by atoms with Gasteiger partial charge in [-0.15, -0.1) is 0 Å². The largest absolute Gasteiger partial charge is 0.495 e. The summed E-state index contributed by atoms with van der Waals surface area (Å²) in [6.07, 6.45) is 0. The van der Waals surface area contributed by atoms with Crippen molar-refractivity contribution < 1.29 is 18.7 Å². The Morgan fingerprint density at radius 1 is 1.26 bits per heavy atom. The second kappa shape index (κ2) is 8.02. The van der Waals surface area contributed by atoms with Gasteiger partial charge in [0.05, 0.1) is 23.8 Å². The first-order valence-electron chi connectivity index (χ1n) is 7.96. The van der Waals surface area contributed by atoms with Crippen molar-refractivity contribution in [3.05, 3.63) is 57.7 Å². The van der Waals surface area contributed by atoms with Gasteiger partial charge in [0, 0.05) is 17.5 Å². The molecule has 1 aromatic heterocycles.